The van der Waals surface area contributed by atoms with Crippen molar-refractivity contribution in [3.63, 3.8) is 0 Å². The first-order valence-electron chi connectivity index (χ1n) is 5.68. The van der Waals surface area contributed by atoms with Crippen molar-refractivity contribution >= 4 is 17.5 Å². The minimum absolute atomic E-state index is 0.0371. The molecule has 0 saturated heterocycles. The Hall–Kier alpha value is -1.33. The van der Waals surface area contributed by atoms with Crippen molar-refractivity contribution in [3.8, 4) is 5.88 Å². The van der Waals surface area contributed by atoms with Gasteiger partial charge in [0.05, 0.1) is 17.8 Å². The number of nitrogens with zero attached hydrogens (tertiary/aromatic N) is 1. The third-order valence-corrected chi connectivity index (χ3v) is 2.25. The zero-order valence-corrected chi connectivity index (χ0v) is 11.4. The molecule has 0 fully saturated rings. The summed E-state index contributed by atoms with van der Waals surface area (Å²) in [5, 5.41) is 11.9. The summed E-state index contributed by atoms with van der Waals surface area (Å²) in [4.78, 5) is 15.7. The third-order valence-electron chi connectivity index (χ3n) is 1.97. The highest BCUT2D eigenvalue weighted by molar-refractivity contribution is 6.32. The molecule has 0 saturated carbocycles. The van der Waals surface area contributed by atoms with E-state index in [9.17, 15) is 4.79 Å². The first-order valence-corrected chi connectivity index (χ1v) is 6.06. The summed E-state index contributed by atoms with van der Waals surface area (Å²) >= 11 is 5.96. The Kier molecular flexibility index (Phi) is 5.37. The van der Waals surface area contributed by atoms with Gasteiger partial charge in [-0.25, -0.2) is 4.98 Å². The van der Waals surface area contributed by atoms with Crippen molar-refractivity contribution in [2.45, 2.75) is 33.0 Å². The number of carbonyl (C=O) groups excluding carboxylic acids is 1. The maximum atomic E-state index is 11.7. The fraction of sp³-hybridized carbons (Fsp3) is 0.500. The van der Waals surface area contributed by atoms with Crippen LogP contribution in [0.25, 0.3) is 0 Å². The van der Waals surface area contributed by atoms with E-state index < -0.39 is 6.10 Å². The number of hydrogen-bond donors (Lipinski definition) is 2. The molecule has 2 N–H and O–H groups in total. The second-order valence-electron chi connectivity index (χ2n) is 4.24. The zero-order chi connectivity index (χ0) is 13.7. The van der Waals surface area contributed by atoms with Crippen LogP contribution in [0, 0.1) is 0 Å². The van der Waals surface area contributed by atoms with E-state index in [1.807, 2.05) is 13.8 Å². The molecule has 100 valence electrons. The number of aliphatic hydroxyl groups is 1. The topological polar surface area (TPSA) is 71.5 Å². The van der Waals surface area contributed by atoms with Crippen molar-refractivity contribution < 1.29 is 14.6 Å². The minimum Gasteiger partial charge on any atom is -0.474 e. The first-order chi connectivity index (χ1) is 8.40. The highest BCUT2D eigenvalue weighted by atomic mass is 35.5. The monoisotopic (exact) mass is 272 g/mol. The van der Waals surface area contributed by atoms with E-state index in [1.54, 1.807) is 6.92 Å². The van der Waals surface area contributed by atoms with E-state index in [2.05, 4.69) is 10.3 Å². The molecule has 1 rings (SSSR count). The average Bonchev–Trinajstić information content (AvgIpc) is 2.28. The fourth-order valence-electron chi connectivity index (χ4n) is 1.20. The molecule has 0 radical (unpaired) electrons. The summed E-state index contributed by atoms with van der Waals surface area (Å²) in [6, 6.07) is 1.49. The van der Waals surface area contributed by atoms with Crippen LogP contribution in [-0.2, 0) is 0 Å². The molecule has 0 bridgehead atoms. The summed E-state index contributed by atoms with van der Waals surface area (Å²) in [6.07, 6.45) is 0.756. The van der Waals surface area contributed by atoms with Crippen LogP contribution in [0.3, 0.4) is 0 Å². The van der Waals surface area contributed by atoms with Gasteiger partial charge in [-0.1, -0.05) is 11.6 Å². The van der Waals surface area contributed by atoms with Gasteiger partial charge < -0.3 is 15.2 Å². The van der Waals surface area contributed by atoms with Gasteiger partial charge in [-0.3, -0.25) is 4.79 Å². The SMILES string of the molecule is CC(O)CNC(=O)c1cnc(OC(C)C)c(Cl)c1. The van der Waals surface area contributed by atoms with E-state index in [0.29, 0.717) is 11.4 Å². The number of ether oxygens (including phenoxy) is 1. The molecule has 0 aromatic carbocycles. The largest absolute Gasteiger partial charge is 0.474 e. The maximum Gasteiger partial charge on any atom is 0.252 e. The lowest BCUT2D eigenvalue weighted by molar-refractivity contribution is 0.0923. The molecule has 0 aliphatic heterocycles. The molecular formula is C12H17ClN2O3. The van der Waals surface area contributed by atoms with Gasteiger partial charge >= 0.3 is 0 Å². The number of carbonyl (C=O) groups is 1. The Bertz CT molecular complexity index is 422. The predicted octanol–water partition coefficient (Wildman–Crippen LogP) is 1.63. The Balaban J connectivity index is 2.74. The molecule has 1 aromatic heterocycles. The number of halogens is 1. The molecule has 18 heavy (non-hydrogen) atoms. The lowest BCUT2D eigenvalue weighted by atomic mass is 10.2. The lowest BCUT2D eigenvalue weighted by Crippen LogP contribution is -2.30. The predicted molar refractivity (Wildman–Crippen MR) is 69.0 cm³/mol. The molecule has 0 aliphatic carbocycles. The number of aliphatic hydroxyl groups excluding tert-OH is 1. The number of pyridine rings is 1. The molecule has 1 unspecified atom stereocenters. The molecule has 5 nitrogen and oxygen atoms in total. The van der Waals surface area contributed by atoms with E-state index in [-0.39, 0.29) is 23.6 Å². The van der Waals surface area contributed by atoms with Gasteiger partial charge in [-0.15, -0.1) is 0 Å². The van der Waals surface area contributed by atoms with Crippen molar-refractivity contribution in [2.75, 3.05) is 6.54 Å². The Morgan fingerprint density at radius 3 is 2.72 bits per heavy atom. The standard InChI is InChI=1S/C12H17ClN2O3/c1-7(2)18-12-10(13)4-9(6-15-12)11(17)14-5-8(3)16/h4,6-8,16H,5H2,1-3H3,(H,14,17). The fourth-order valence-corrected chi connectivity index (χ4v) is 1.41. The van der Waals surface area contributed by atoms with Crippen molar-refractivity contribution in [2.24, 2.45) is 0 Å². The molecule has 1 atom stereocenters. The molecular weight excluding hydrogens is 256 g/mol. The van der Waals surface area contributed by atoms with Crippen molar-refractivity contribution in [1.82, 2.24) is 10.3 Å². The quantitative estimate of drug-likeness (QED) is 0.855. The van der Waals surface area contributed by atoms with Gasteiger partial charge in [-0.05, 0) is 26.8 Å². The molecule has 1 heterocycles. The molecule has 6 heteroatoms. The summed E-state index contributed by atoms with van der Waals surface area (Å²) in [6.45, 7) is 5.49. The first kappa shape index (κ1) is 14.7. The number of amides is 1. The van der Waals surface area contributed by atoms with Crippen molar-refractivity contribution in [3.05, 3.63) is 22.8 Å². The number of nitrogens with one attached hydrogen (secondary N) is 1. The van der Waals surface area contributed by atoms with Gasteiger partial charge in [0.1, 0.15) is 5.02 Å². The van der Waals surface area contributed by atoms with Crippen LogP contribution >= 0.6 is 11.6 Å². The molecule has 1 amide bonds. The molecule has 0 aliphatic rings. The third kappa shape index (κ3) is 4.50. The highest BCUT2D eigenvalue weighted by Gasteiger charge is 2.12. The highest BCUT2D eigenvalue weighted by Crippen LogP contribution is 2.23. The molecule has 0 spiro atoms. The van der Waals surface area contributed by atoms with Crippen LogP contribution in [0.15, 0.2) is 12.3 Å². The van der Waals surface area contributed by atoms with Crippen LogP contribution in [0.4, 0.5) is 0 Å². The average molecular weight is 273 g/mol. The minimum atomic E-state index is -0.596. The summed E-state index contributed by atoms with van der Waals surface area (Å²) in [5.74, 6) is -0.0276. The smallest absolute Gasteiger partial charge is 0.252 e. The van der Waals surface area contributed by atoms with E-state index in [1.165, 1.54) is 12.3 Å². The normalized spacial score (nSPS) is 12.3. The summed E-state index contributed by atoms with van der Waals surface area (Å²) in [7, 11) is 0. The Morgan fingerprint density at radius 1 is 1.56 bits per heavy atom. The van der Waals surface area contributed by atoms with Crippen LogP contribution in [0.5, 0.6) is 5.88 Å². The van der Waals surface area contributed by atoms with Gasteiger partial charge in [0.15, 0.2) is 0 Å². The van der Waals surface area contributed by atoms with E-state index in [4.69, 9.17) is 21.4 Å². The van der Waals surface area contributed by atoms with Gasteiger partial charge in [0, 0.05) is 12.7 Å². The van der Waals surface area contributed by atoms with E-state index >= 15 is 0 Å². The number of aromatic nitrogens is 1. The van der Waals surface area contributed by atoms with Gasteiger partial charge in [-0.2, -0.15) is 0 Å². The summed E-state index contributed by atoms with van der Waals surface area (Å²) in [5.41, 5.74) is 0.330. The van der Waals surface area contributed by atoms with Crippen LogP contribution in [0.1, 0.15) is 31.1 Å². The van der Waals surface area contributed by atoms with Gasteiger partial charge in [0.25, 0.3) is 5.91 Å². The van der Waals surface area contributed by atoms with Crippen LogP contribution in [0.2, 0.25) is 5.02 Å². The lowest BCUT2D eigenvalue weighted by Gasteiger charge is -2.11. The number of hydrogen-bond acceptors (Lipinski definition) is 4. The second-order valence-corrected chi connectivity index (χ2v) is 4.64. The van der Waals surface area contributed by atoms with Gasteiger partial charge in [0.2, 0.25) is 5.88 Å². The van der Waals surface area contributed by atoms with E-state index in [0.717, 1.165) is 0 Å². The maximum absolute atomic E-state index is 11.7. The Morgan fingerprint density at radius 2 is 2.22 bits per heavy atom. The zero-order valence-electron chi connectivity index (χ0n) is 10.6. The van der Waals surface area contributed by atoms with Crippen LogP contribution in [-0.4, -0.2) is 34.8 Å². The number of rotatable bonds is 5. The summed E-state index contributed by atoms with van der Waals surface area (Å²) < 4.78 is 5.36. The second kappa shape index (κ2) is 6.56. The Labute approximate surface area is 111 Å². The molecule has 1 aromatic rings. The van der Waals surface area contributed by atoms with Crippen molar-refractivity contribution in [1.29, 1.82) is 0 Å². The van der Waals surface area contributed by atoms with Crippen LogP contribution < -0.4 is 10.1 Å².